The molecule has 94 valence electrons. The van der Waals surface area contributed by atoms with Gasteiger partial charge in [0.15, 0.2) is 0 Å². The fourth-order valence-corrected chi connectivity index (χ4v) is 2.72. The van der Waals surface area contributed by atoms with Crippen LogP contribution in [0.3, 0.4) is 0 Å². The van der Waals surface area contributed by atoms with E-state index < -0.39 is 9.84 Å². The van der Waals surface area contributed by atoms with Crippen LogP contribution in [0.2, 0.25) is 0 Å². The maximum absolute atomic E-state index is 11.1. The monoisotopic (exact) mass is 255 g/mol. The van der Waals surface area contributed by atoms with E-state index in [-0.39, 0.29) is 5.75 Å². The Morgan fingerprint density at radius 1 is 1.41 bits per heavy atom. The summed E-state index contributed by atoms with van der Waals surface area (Å²) in [6.45, 7) is 1.75. The normalized spacial score (nSPS) is 15.6. The molecular weight excluding hydrogens is 238 g/mol. The lowest BCUT2D eigenvalue weighted by molar-refractivity contribution is 0.596. The molecule has 1 aromatic rings. The van der Waals surface area contributed by atoms with Crippen LogP contribution in [0.15, 0.2) is 6.33 Å². The summed E-state index contributed by atoms with van der Waals surface area (Å²) >= 11 is 0. The van der Waals surface area contributed by atoms with E-state index in [0.29, 0.717) is 12.8 Å². The molecular formula is C11H17N3O2S. The zero-order chi connectivity index (χ0) is 12.3. The molecule has 0 unspecified atom stereocenters. The van der Waals surface area contributed by atoms with Crippen LogP contribution in [-0.4, -0.2) is 36.9 Å². The van der Waals surface area contributed by atoms with Crippen LogP contribution in [0.1, 0.15) is 23.4 Å². The van der Waals surface area contributed by atoms with Crippen LogP contribution < -0.4 is 5.32 Å². The maximum atomic E-state index is 11.1. The highest BCUT2D eigenvalue weighted by Crippen LogP contribution is 2.15. The maximum Gasteiger partial charge on any atom is 0.147 e. The van der Waals surface area contributed by atoms with E-state index in [1.807, 2.05) is 0 Å². The largest absolute Gasteiger partial charge is 0.312 e. The summed E-state index contributed by atoms with van der Waals surface area (Å²) in [7, 11) is -2.87. The Bertz CT molecular complexity index is 499. The molecule has 1 N–H and O–H groups in total. The molecule has 2 rings (SSSR count). The van der Waals surface area contributed by atoms with Gasteiger partial charge >= 0.3 is 0 Å². The van der Waals surface area contributed by atoms with Gasteiger partial charge in [0.2, 0.25) is 0 Å². The molecule has 0 spiro atoms. The first-order chi connectivity index (χ1) is 8.06. The molecule has 6 heteroatoms. The van der Waals surface area contributed by atoms with Gasteiger partial charge in [-0.3, -0.25) is 0 Å². The average molecular weight is 255 g/mol. The highest BCUT2D eigenvalue weighted by Gasteiger charge is 2.15. The second kappa shape index (κ2) is 5.10. The zero-order valence-electron chi connectivity index (χ0n) is 9.94. The van der Waals surface area contributed by atoms with Crippen LogP contribution >= 0.6 is 0 Å². The predicted octanol–water partition coefficient (Wildman–Crippen LogP) is 0.0995. The van der Waals surface area contributed by atoms with Crippen LogP contribution in [0.4, 0.5) is 0 Å². The summed E-state index contributed by atoms with van der Waals surface area (Å²) in [6.07, 6.45) is 5.11. The van der Waals surface area contributed by atoms with Gasteiger partial charge < -0.3 is 5.32 Å². The average Bonchev–Trinajstić information content (AvgIpc) is 2.28. The Labute approximate surface area is 102 Å². The first kappa shape index (κ1) is 12.4. The van der Waals surface area contributed by atoms with Crippen molar-refractivity contribution in [2.24, 2.45) is 0 Å². The van der Waals surface area contributed by atoms with Crippen molar-refractivity contribution in [3.05, 3.63) is 23.3 Å². The summed E-state index contributed by atoms with van der Waals surface area (Å²) < 4.78 is 22.1. The topological polar surface area (TPSA) is 72.0 Å². The minimum absolute atomic E-state index is 0.221. The van der Waals surface area contributed by atoms with Crippen molar-refractivity contribution in [3.8, 4) is 0 Å². The number of sulfone groups is 1. The summed E-state index contributed by atoms with van der Waals surface area (Å²) in [5.41, 5.74) is 3.26. The molecule has 0 saturated carbocycles. The lowest BCUT2D eigenvalue weighted by Gasteiger charge is -2.18. The second-order valence-electron chi connectivity index (χ2n) is 4.41. The highest BCUT2D eigenvalue weighted by atomic mass is 32.2. The molecule has 0 atom stereocenters. The van der Waals surface area contributed by atoms with E-state index in [4.69, 9.17) is 0 Å². The van der Waals surface area contributed by atoms with Crippen molar-refractivity contribution in [1.82, 2.24) is 15.3 Å². The molecule has 1 aliphatic rings. The summed E-state index contributed by atoms with van der Waals surface area (Å²) in [4.78, 5) is 8.53. The van der Waals surface area contributed by atoms with E-state index in [2.05, 4.69) is 15.3 Å². The number of rotatable bonds is 4. The third-order valence-electron chi connectivity index (χ3n) is 2.89. The molecule has 0 aromatic carbocycles. The molecule has 0 aliphatic carbocycles. The van der Waals surface area contributed by atoms with Gasteiger partial charge in [-0.05, 0) is 12.8 Å². The molecule has 1 aliphatic heterocycles. The lowest BCUT2D eigenvalue weighted by atomic mass is 10.0. The van der Waals surface area contributed by atoms with Gasteiger partial charge in [0.05, 0.1) is 5.75 Å². The number of nitrogens with zero attached hydrogens (tertiary/aromatic N) is 2. The molecule has 0 saturated heterocycles. The van der Waals surface area contributed by atoms with Crippen LogP contribution in [0.25, 0.3) is 0 Å². The molecule has 0 bridgehead atoms. The molecule has 0 amide bonds. The third kappa shape index (κ3) is 3.47. The number of nitrogens with one attached hydrogen (secondary N) is 1. The van der Waals surface area contributed by atoms with Gasteiger partial charge in [-0.2, -0.15) is 0 Å². The summed E-state index contributed by atoms with van der Waals surface area (Å²) in [5.74, 6) is 0.221. The molecule has 17 heavy (non-hydrogen) atoms. The van der Waals surface area contributed by atoms with Crippen molar-refractivity contribution in [3.63, 3.8) is 0 Å². The smallest absolute Gasteiger partial charge is 0.147 e. The van der Waals surface area contributed by atoms with Gasteiger partial charge in [0, 0.05) is 42.7 Å². The van der Waals surface area contributed by atoms with Gasteiger partial charge in [-0.1, -0.05) is 0 Å². The zero-order valence-corrected chi connectivity index (χ0v) is 10.8. The van der Waals surface area contributed by atoms with Crippen molar-refractivity contribution >= 4 is 9.84 Å². The Kier molecular flexibility index (Phi) is 3.73. The van der Waals surface area contributed by atoms with E-state index in [9.17, 15) is 8.42 Å². The molecule has 2 heterocycles. The minimum atomic E-state index is -2.87. The number of hydrogen-bond donors (Lipinski definition) is 1. The van der Waals surface area contributed by atoms with Gasteiger partial charge in [-0.15, -0.1) is 0 Å². The minimum Gasteiger partial charge on any atom is -0.312 e. The SMILES string of the molecule is CS(=O)(=O)CCCc1ncnc2c1CNCC2. The Hall–Kier alpha value is -1.01. The fraction of sp³-hybridized carbons (Fsp3) is 0.636. The second-order valence-corrected chi connectivity index (χ2v) is 6.67. The Balaban J connectivity index is 2.06. The van der Waals surface area contributed by atoms with E-state index in [0.717, 1.165) is 36.5 Å². The number of aryl methyl sites for hydroxylation is 1. The fourth-order valence-electron chi connectivity index (χ4n) is 2.05. The van der Waals surface area contributed by atoms with E-state index in [1.165, 1.54) is 6.26 Å². The van der Waals surface area contributed by atoms with Gasteiger partial charge in [0.25, 0.3) is 0 Å². The summed E-state index contributed by atoms with van der Waals surface area (Å²) in [6, 6.07) is 0. The van der Waals surface area contributed by atoms with Crippen molar-refractivity contribution < 1.29 is 8.42 Å². The first-order valence-electron chi connectivity index (χ1n) is 5.76. The van der Waals surface area contributed by atoms with Gasteiger partial charge in [-0.25, -0.2) is 18.4 Å². The molecule has 5 nitrogen and oxygen atoms in total. The number of fused-ring (bicyclic) bond motifs is 1. The summed E-state index contributed by atoms with van der Waals surface area (Å²) in [5, 5.41) is 3.29. The number of aromatic nitrogens is 2. The standard InChI is InChI=1S/C11H17N3O2S/c1-17(15,16)6-2-3-10-9-7-12-5-4-11(9)14-8-13-10/h8,12H,2-7H2,1H3. The van der Waals surface area contributed by atoms with Crippen molar-refractivity contribution in [2.45, 2.75) is 25.8 Å². The van der Waals surface area contributed by atoms with Crippen LogP contribution in [0, 0.1) is 0 Å². The van der Waals surface area contributed by atoms with Crippen LogP contribution in [-0.2, 0) is 29.2 Å². The Morgan fingerprint density at radius 2 is 2.24 bits per heavy atom. The highest BCUT2D eigenvalue weighted by molar-refractivity contribution is 7.90. The van der Waals surface area contributed by atoms with Gasteiger partial charge in [0.1, 0.15) is 16.2 Å². The molecule has 0 fully saturated rings. The van der Waals surface area contributed by atoms with E-state index >= 15 is 0 Å². The lowest BCUT2D eigenvalue weighted by Crippen LogP contribution is -2.26. The predicted molar refractivity (Wildman–Crippen MR) is 65.5 cm³/mol. The molecule has 1 aromatic heterocycles. The molecule has 0 radical (unpaired) electrons. The number of hydrogen-bond acceptors (Lipinski definition) is 5. The van der Waals surface area contributed by atoms with Crippen LogP contribution in [0.5, 0.6) is 0 Å². The quantitative estimate of drug-likeness (QED) is 0.826. The third-order valence-corrected chi connectivity index (χ3v) is 3.92. The first-order valence-corrected chi connectivity index (χ1v) is 7.82. The Morgan fingerprint density at radius 3 is 3.00 bits per heavy atom. The van der Waals surface area contributed by atoms with E-state index in [1.54, 1.807) is 6.33 Å². The van der Waals surface area contributed by atoms with Crippen molar-refractivity contribution in [1.29, 1.82) is 0 Å². The van der Waals surface area contributed by atoms with Crippen molar-refractivity contribution in [2.75, 3.05) is 18.6 Å².